The quantitative estimate of drug-likeness (QED) is 0.711. The van der Waals surface area contributed by atoms with E-state index in [0.717, 1.165) is 5.22 Å². The Bertz CT molecular complexity index is 546. The minimum atomic E-state index is -0.187. The molecule has 1 aliphatic heterocycles. The van der Waals surface area contributed by atoms with Crippen LogP contribution < -0.4 is 10.4 Å². The van der Waals surface area contributed by atoms with Crippen LogP contribution in [-0.4, -0.2) is 24.5 Å². The zero-order valence-corrected chi connectivity index (χ0v) is 9.80. The first-order valence-corrected chi connectivity index (χ1v) is 5.57. The van der Waals surface area contributed by atoms with Crippen LogP contribution in [0.15, 0.2) is 36.5 Å². The fourth-order valence-corrected chi connectivity index (χ4v) is 1.72. The molecule has 0 saturated carbocycles. The second kappa shape index (κ2) is 5.34. The fourth-order valence-electron chi connectivity index (χ4n) is 1.72. The van der Waals surface area contributed by atoms with Gasteiger partial charge in [-0.2, -0.15) is 0 Å². The van der Waals surface area contributed by atoms with E-state index in [4.69, 9.17) is 0 Å². The van der Waals surface area contributed by atoms with Gasteiger partial charge in [-0.15, -0.1) is 0 Å². The molecule has 0 radical (unpaired) electrons. The third-order valence-corrected chi connectivity index (χ3v) is 2.66. The summed E-state index contributed by atoms with van der Waals surface area (Å²) >= 11 is 0. The maximum atomic E-state index is 11.1. The Morgan fingerprint density at radius 3 is 2.82 bits per heavy atom. The Labute approximate surface area is 100 Å². The number of hydrogen-bond donors (Lipinski definition) is 0. The van der Waals surface area contributed by atoms with E-state index in [1.807, 2.05) is 35.5 Å². The zero-order valence-electron chi connectivity index (χ0n) is 9.80. The van der Waals surface area contributed by atoms with Crippen molar-refractivity contribution in [2.45, 2.75) is 6.42 Å². The predicted octanol–water partition coefficient (Wildman–Crippen LogP) is 0.597. The Hall–Kier alpha value is -2.03. The van der Waals surface area contributed by atoms with Crippen LogP contribution in [0.5, 0.6) is 0 Å². The van der Waals surface area contributed by atoms with Crippen molar-refractivity contribution in [3.05, 3.63) is 47.0 Å². The first-order chi connectivity index (χ1) is 8.29. The normalized spacial score (nSPS) is 13.1. The number of ether oxygens (including phenoxy) is 1. The summed E-state index contributed by atoms with van der Waals surface area (Å²) in [5, 5.41) is 2.34. The molecule has 0 fully saturated rings. The van der Waals surface area contributed by atoms with Crippen LogP contribution >= 0.6 is 0 Å². The van der Waals surface area contributed by atoms with E-state index < -0.39 is 0 Å². The molecule has 1 heterocycles. The minimum absolute atomic E-state index is 0.187. The molecule has 0 amide bonds. The van der Waals surface area contributed by atoms with Crippen molar-refractivity contribution in [1.29, 1.82) is 0 Å². The minimum Gasteiger partial charge on any atom is -0.469 e. The molecule has 17 heavy (non-hydrogen) atoms. The van der Waals surface area contributed by atoms with Crippen LogP contribution in [0.1, 0.15) is 6.42 Å². The number of allylic oxidation sites excluding steroid dienone is 1. The lowest BCUT2D eigenvalue weighted by atomic mass is 10.2. The van der Waals surface area contributed by atoms with Gasteiger partial charge in [-0.1, -0.05) is 30.3 Å². The lowest BCUT2D eigenvalue weighted by Gasteiger charge is -2.13. The van der Waals surface area contributed by atoms with Crippen molar-refractivity contribution >= 4 is 18.2 Å². The Kier molecular flexibility index (Phi) is 3.60. The summed E-state index contributed by atoms with van der Waals surface area (Å²) in [5.41, 5.74) is 0. The average molecular weight is 229 g/mol. The molecule has 0 saturated heterocycles. The highest BCUT2D eigenvalue weighted by atomic mass is 16.5. The highest BCUT2D eigenvalue weighted by Crippen LogP contribution is 1.97. The number of hydrogen-bond acceptors (Lipinski definition) is 3. The molecule has 0 bridgehead atoms. The monoisotopic (exact) mass is 229 g/mol. The van der Waals surface area contributed by atoms with E-state index >= 15 is 0 Å². The molecule has 1 aliphatic rings. The van der Waals surface area contributed by atoms with Gasteiger partial charge in [-0.05, 0) is 16.5 Å². The van der Waals surface area contributed by atoms with Gasteiger partial charge in [-0.25, -0.2) is 0 Å². The van der Waals surface area contributed by atoms with Crippen LogP contribution in [0.4, 0.5) is 0 Å². The number of rotatable bonds is 3. The summed E-state index contributed by atoms with van der Waals surface area (Å²) in [6, 6.07) is 8.15. The van der Waals surface area contributed by atoms with E-state index in [1.165, 1.54) is 12.3 Å². The van der Waals surface area contributed by atoms with Gasteiger partial charge in [0.05, 0.1) is 13.5 Å². The molecule has 0 spiro atoms. The van der Waals surface area contributed by atoms with Gasteiger partial charge in [-0.3, -0.25) is 4.79 Å². The highest BCUT2D eigenvalue weighted by Gasteiger charge is 2.03. The maximum absolute atomic E-state index is 11.1. The second-order valence-corrected chi connectivity index (χ2v) is 3.83. The number of carbonyl (C=O) groups excluding carboxylic acids is 1. The standard InChI is InChI=1S/C14H15NO2/c1-17-14(16)8-10-15-9-4-7-12-5-2-3-6-13(12)11-15/h2-7,9,11H,8,10H2,1H3. The number of carbonyl (C=O) groups is 1. The third-order valence-electron chi connectivity index (χ3n) is 2.66. The van der Waals surface area contributed by atoms with Gasteiger partial charge in [0.15, 0.2) is 0 Å². The van der Waals surface area contributed by atoms with Crippen molar-refractivity contribution in [3.63, 3.8) is 0 Å². The van der Waals surface area contributed by atoms with Crippen LogP contribution in [0.3, 0.4) is 0 Å². The average Bonchev–Trinajstić information content (AvgIpc) is 2.57. The molecular weight excluding hydrogens is 214 g/mol. The molecule has 0 aromatic heterocycles. The zero-order chi connectivity index (χ0) is 12.1. The number of benzene rings is 1. The first-order valence-electron chi connectivity index (χ1n) is 5.57. The van der Waals surface area contributed by atoms with Crippen molar-refractivity contribution in [3.8, 4) is 0 Å². The Balaban J connectivity index is 2.17. The topological polar surface area (TPSA) is 29.5 Å². The molecule has 1 aromatic rings. The van der Waals surface area contributed by atoms with Gasteiger partial charge in [0.25, 0.3) is 0 Å². The maximum Gasteiger partial charge on any atom is 0.307 e. The van der Waals surface area contributed by atoms with Crippen molar-refractivity contribution in [1.82, 2.24) is 4.90 Å². The molecule has 0 aliphatic carbocycles. The van der Waals surface area contributed by atoms with E-state index in [1.54, 1.807) is 0 Å². The largest absolute Gasteiger partial charge is 0.469 e. The molecule has 0 unspecified atom stereocenters. The van der Waals surface area contributed by atoms with Crippen LogP contribution in [0.25, 0.3) is 12.3 Å². The van der Waals surface area contributed by atoms with Crippen molar-refractivity contribution in [2.24, 2.45) is 0 Å². The molecular formula is C14H15NO2. The van der Waals surface area contributed by atoms with E-state index in [-0.39, 0.29) is 5.97 Å². The van der Waals surface area contributed by atoms with Gasteiger partial charge in [0.2, 0.25) is 0 Å². The third kappa shape index (κ3) is 2.97. The molecule has 2 rings (SSSR count). The van der Waals surface area contributed by atoms with Crippen LogP contribution in [0.2, 0.25) is 0 Å². The lowest BCUT2D eigenvalue weighted by molar-refractivity contribution is -0.140. The van der Waals surface area contributed by atoms with Gasteiger partial charge in [0, 0.05) is 18.9 Å². The summed E-state index contributed by atoms with van der Waals surface area (Å²) in [6.45, 7) is 0.630. The first kappa shape index (κ1) is 11.5. The summed E-state index contributed by atoms with van der Waals surface area (Å²) in [7, 11) is 1.41. The SMILES string of the molecule is COC(=O)CCN1C=CC=c2ccccc2=C1. The second-order valence-electron chi connectivity index (χ2n) is 3.83. The Morgan fingerprint density at radius 1 is 1.29 bits per heavy atom. The summed E-state index contributed by atoms with van der Waals surface area (Å²) in [4.78, 5) is 13.1. The van der Waals surface area contributed by atoms with E-state index in [0.29, 0.717) is 13.0 Å². The molecule has 0 N–H and O–H groups in total. The summed E-state index contributed by atoms with van der Waals surface area (Å²) in [6.07, 6.45) is 8.43. The van der Waals surface area contributed by atoms with Gasteiger partial charge in [0.1, 0.15) is 0 Å². The number of fused-ring (bicyclic) bond motifs is 1. The molecule has 3 nitrogen and oxygen atoms in total. The fraction of sp³-hybridized carbons (Fsp3) is 0.214. The number of methoxy groups -OCH3 is 1. The number of nitrogens with zero attached hydrogens (tertiary/aromatic N) is 1. The molecule has 1 aromatic carbocycles. The van der Waals surface area contributed by atoms with Crippen molar-refractivity contribution < 1.29 is 9.53 Å². The van der Waals surface area contributed by atoms with E-state index in [2.05, 4.69) is 22.9 Å². The van der Waals surface area contributed by atoms with Crippen LogP contribution in [-0.2, 0) is 9.53 Å². The number of esters is 1. The predicted molar refractivity (Wildman–Crippen MR) is 67.1 cm³/mol. The summed E-state index contributed by atoms with van der Waals surface area (Å²) < 4.78 is 4.63. The van der Waals surface area contributed by atoms with Gasteiger partial charge >= 0.3 is 5.97 Å². The summed E-state index contributed by atoms with van der Waals surface area (Å²) in [5.74, 6) is -0.187. The Morgan fingerprint density at radius 2 is 2.06 bits per heavy atom. The van der Waals surface area contributed by atoms with Crippen molar-refractivity contribution in [2.75, 3.05) is 13.7 Å². The van der Waals surface area contributed by atoms with Crippen LogP contribution in [0, 0.1) is 0 Å². The molecule has 88 valence electrons. The molecule has 3 heteroatoms. The lowest BCUT2D eigenvalue weighted by Crippen LogP contribution is -2.26. The smallest absolute Gasteiger partial charge is 0.307 e. The molecule has 0 atom stereocenters. The van der Waals surface area contributed by atoms with Gasteiger partial charge < -0.3 is 9.64 Å². The highest BCUT2D eigenvalue weighted by molar-refractivity contribution is 5.69. The van der Waals surface area contributed by atoms with E-state index in [9.17, 15) is 4.79 Å².